The first kappa shape index (κ1) is 24.9. The number of benzene rings is 1. The van der Waals surface area contributed by atoms with E-state index in [1.54, 1.807) is 6.08 Å². The zero-order valence-corrected chi connectivity index (χ0v) is 19.6. The summed E-state index contributed by atoms with van der Waals surface area (Å²) in [6.07, 6.45) is 1.67. The molecule has 2 fully saturated rings. The summed E-state index contributed by atoms with van der Waals surface area (Å²) in [6.45, 7) is 13.0. The summed E-state index contributed by atoms with van der Waals surface area (Å²) in [4.78, 5) is 45.1. The minimum Gasteiger partial charge on any atom is -0.352 e. The van der Waals surface area contributed by atoms with Crippen LogP contribution in [0.1, 0.15) is 5.56 Å². The van der Waals surface area contributed by atoms with Crippen LogP contribution < -0.4 is 10.6 Å². The van der Waals surface area contributed by atoms with Crippen LogP contribution >= 0.6 is 0 Å². The summed E-state index contributed by atoms with van der Waals surface area (Å²) >= 11 is 0. The topological polar surface area (TPSA) is 88.2 Å². The molecule has 9 heteroatoms. The van der Waals surface area contributed by atoms with Crippen LogP contribution in [0, 0.1) is 6.92 Å². The van der Waals surface area contributed by atoms with Crippen LogP contribution in [0.15, 0.2) is 36.9 Å². The van der Waals surface area contributed by atoms with Gasteiger partial charge in [0.05, 0.1) is 19.6 Å². The second kappa shape index (κ2) is 12.5. The van der Waals surface area contributed by atoms with E-state index < -0.39 is 0 Å². The molecule has 0 bridgehead atoms. The summed E-state index contributed by atoms with van der Waals surface area (Å²) in [5.41, 5.74) is 1.96. The van der Waals surface area contributed by atoms with Crippen LogP contribution in [0.4, 0.5) is 5.69 Å². The van der Waals surface area contributed by atoms with Gasteiger partial charge in [0, 0.05) is 64.6 Å². The SMILES string of the molecule is C=CCNC(=O)CN1CCN(CC(=O)N2CCN(CC(=O)Nc3ccc(C)cc3)CC2)CC1. The molecule has 0 saturated carbocycles. The van der Waals surface area contributed by atoms with Crippen molar-refractivity contribution in [3.63, 3.8) is 0 Å². The third-order valence-electron chi connectivity index (χ3n) is 6.06. The Balaban J connectivity index is 1.32. The molecular formula is C24H36N6O3. The number of aryl methyl sites for hydroxylation is 1. The fourth-order valence-electron chi connectivity index (χ4n) is 4.04. The van der Waals surface area contributed by atoms with Gasteiger partial charge < -0.3 is 15.5 Å². The summed E-state index contributed by atoms with van der Waals surface area (Å²) in [6, 6.07) is 7.75. The molecule has 33 heavy (non-hydrogen) atoms. The van der Waals surface area contributed by atoms with Gasteiger partial charge in [0.15, 0.2) is 0 Å². The van der Waals surface area contributed by atoms with Crippen molar-refractivity contribution >= 4 is 23.4 Å². The maximum absolute atomic E-state index is 12.7. The van der Waals surface area contributed by atoms with Crippen molar-refractivity contribution in [3.05, 3.63) is 42.5 Å². The molecular weight excluding hydrogens is 420 g/mol. The lowest BCUT2D eigenvalue weighted by atomic mass is 10.2. The number of hydrogen-bond acceptors (Lipinski definition) is 6. The molecule has 0 atom stereocenters. The molecule has 0 aromatic heterocycles. The highest BCUT2D eigenvalue weighted by molar-refractivity contribution is 5.92. The predicted octanol–water partition coefficient (Wildman–Crippen LogP) is -0.00248. The third-order valence-corrected chi connectivity index (χ3v) is 6.06. The summed E-state index contributed by atoms with van der Waals surface area (Å²) < 4.78 is 0. The van der Waals surface area contributed by atoms with E-state index in [4.69, 9.17) is 0 Å². The van der Waals surface area contributed by atoms with Gasteiger partial charge in [-0.05, 0) is 19.1 Å². The average Bonchev–Trinajstić information content (AvgIpc) is 2.81. The second-order valence-corrected chi connectivity index (χ2v) is 8.72. The van der Waals surface area contributed by atoms with Gasteiger partial charge >= 0.3 is 0 Å². The van der Waals surface area contributed by atoms with Crippen LogP contribution in [0.5, 0.6) is 0 Å². The van der Waals surface area contributed by atoms with E-state index in [1.165, 1.54) is 0 Å². The minimum atomic E-state index is -0.0327. The number of anilines is 1. The molecule has 180 valence electrons. The zero-order valence-electron chi connectivity index (χ0n) is 19.6. The quantitative estimate of drug-likeness (QED) is 0.509. The number of hydrogen-bond donors (Lipinski definition) is 2. The van der Waals surface area contributed by atoms with Crippen molar-refractivity contribution in [3.8, 4) is 0 Å². The van der Waals surface area contributed by atoms with E-state index in [2.05, 4.69) is 31.9 Å². The molecule has 2 aliphatic heterocycles. The molecule has 2 heterocycles. The molecule has 0 unspecified atom stereocenters. The largest absolute Gasteiger partial charge is 0.352 e. The van der Waals surface area contributed by atoms with Crippen molar-refractivity contribution in [2.45, 2.75) is 6.92 Å². The maximum atomic E-state index is 12.7. The Morgan fingerprint density at radius 3 is 1.91 bits per heavy atom. The first-order valence-corrected chi connectivity index (χ1v) is 11.6. The third kappa shape index (κ3) is 8.27. The van der Waals surface area contributed by atoms with Gasteiger partial charge in [-0.15, -0.1) is 6.58 Å². The van der Waals surface area contributed by atoms with Gasteiger partial charge in [0.25, 0.3) is 0 Å². The summed E-state index contributed by atoms with van der Waals surface area (Å²) in [7, 11) is 0. The molecule has 0 aliphatic carbocycles. The van der Waals surface area contributed by atoms with Crippen LogP contribution in [-0.2, 0) is 14.4 Å². The van der Waals surface area contributed by atoms with Gasteiger partial charge in [0.2, 0.25) is 17.7 Å². The van der Waals surface area contributed by atoms with Crippen LogP contribution in [0.3, 0.4) is 0 Å². The summed E-state index contributed by atoms with van der Waals surface area (Å²) in [5, 5.41) is 5.72. The van der Waals surface area contributed by atoms with Crippen LogP contribution in [0.25, 0.3) is 0 Å². The van der Waals surface area contributed by atoms with E-state index in [9.17, 15) is 14.4 Å². The number of amides is 3. The molecule has 2 N–H and O–H groups in total. The Hall–Kier alpha value is -2.75. The lowest BCUT2D eigenvalue weighted by Crippen LogP contribution is -2.55. The zero-order chi connectivity index (χ0) is 23.6. The number of nitrogens with zero attached hydrogens (tertiary/aromatic N) is 4. The summed E-state index contributed by atoms with van der Waals surface area (Å²) in [5.74, 6) is 0.107. The monoisotopic (exact) mass is 456 g/mol. The molecule has 0 radical (unpaired) electrons. The van der Waals surface area contributed by atoms with Crippen molar-refractivity contribution < 1.29 is 14.4 Å². The molecule has 1 aromatic carbocycles. The molecule has 1 aromatic rings. The molecule has 3 rings (SSSR count). The number of carbonyl (C=O) groups is 3. The Labute approximate surface area is 196 Å². The first-order valence-electron chi connectivity index (χ1n) is 11.6. The number of piperazine rings is 2. The second-order valence-electron chi connectivity index (χ2n) is 8.72. The molecule has 2 aliphatic rings. The first-order chi connectivity index (χ1) is 15.9. The van der Waals surface area contributed by atoms with E-state index >= 15 is 0 Å². The standard InChI is InChI=1S/C24H36N6O3/c1-3-8-25-22(31)17-27-9-11-29(12-10-27)19-24(33)30-15-13-28(14-16-30)18-23(32)26-21-6-4-20(2)5-7-21/h3-7H,1,8-19H2,2H3,(H,25,31)(H,26,32). The van der Waals surface area contributed by atoms with Gasteiger partial charge in [-0.3, -0.25) is 29.1 Å². The fourth-order valence-corrected chi connectivity index (χ4v) is 4.04. The number of rotatable bonds is 9. The van der Waals surface area contributed by atoms with Gasteiger partial charge in [-0.1, -0.05) is 23.8 Å². The number of nitrogens with one attached hydrogen (secondary N) is 2. The average molecular weight is 457 g/mol. The maximum Gasteiger partial charge on any atom is 0.238 e. The van der Waals surface area contributed by atoms with E-state index in [0.717, 1.165) is 37.4 Å². The molecule has 0 spiro atoms. The van der Waals surface area contributed by atoms with Crippen molar-refractivity contribution in [2.75, 3.05) is 83.9 Å². The highest BCUT2D eigenvalue weighted by atomic mass is 16.2. The molecule has 2 saturated heterocycles. The molecule has 3 amide bonds. The Morgan fingerprint density at radius 2 is 1.33 bits per heavy atom. The molecule has 9 nitrogen and oxygen atoms in total. The van der Waals surface area contributed by atoms with Gasteiger partial charge in [0.1, 0.15) is 0 Å². The van der Waals surface area contributed by atoms with E-state index in [0.29, 0.717) is 52.4 Å². The van der Waals surface area contributed by atoms with E-state index in [-0.39, 0.29) is 17.7 Å². The normalized spacial score (nSPS) is 18.0. The number of carbonyl (C=O) groups excluding carboxylic acids is 3. The highest BCUT2D eigenvalue weighted by Crippen LogP contribution is 2.10. The minimum absolute atomic E-state index is 0.00449. The van der Waals surface area contributed by atoms with Gasteiger partial charge in [-0.2, -0.15) is 0 Å². The van der Waals surface area contributed by atoms with Crippen LogP contribution in [0.2, 0.25) is 0 Å². The lowest BCUT2D eigenvalue weighted by Gasteiger charge is -2.37. The lowest BCUT2D eigenvalue weighted by molar-refractivity contribution is -0.135. The highest BCUT2D eigenvalue weighted by Gasteiger charge is 2.26. The smallest absolute Gasteiger partial charge is 0.238 e. The van der Waals surface area contributed by atoms with Crippen molar-refractivity contribution in [2.24, 2.45) is 0 Å². The van der Waals surface area contributed by atoms with E-state index in [1.807, 2.05) is 36.1 Å². The Bertz CT molecular complexity index is 812. The Kier molecular flexibility index (Phi) is 9.41. The van der Waals surface area contributed by atoms with Crippen molar-refractivity contribution in [1.29, 1.82) is 0 Å². The van der Waals surface area contributed by atoms with Crippen molar-refractivity contribution in [1.82, 2.24) is 24.9 Å². The predicted molar refractivity (Wildman–Crippen MR) is 129 cm³/mol. The Morgan fingerprint density at radius 1 is 0.818 bits per heavy atom. The van der Waals surface area contributed by atoms with Gasteiger partial charge in [-0.25, -0.2) is 0 Å². The van der Waals surface area contributed by atoms with Crippen LogP contribution in [-0.4, -0.2) is 116 Å². The fraction of sp³-hybridized carbons (Fsp3) is 0.542.